The van der Waals surface area contributed by atoms with E-state index in [0.717, 1.165) is 24.0 Å². The summed E-state index contributed by atoms with van der Waals surface area (Å²) in [7, 11) is 0. The first kappa shape index (κ1) is 12.1. The zero-order valence-electron chi connectivity index (χ0n) is 11.4. The molecule has 0 aliphatic heterocycles. The number of benzene rings is 2. The van der Waals surface area contributed by atoms with Crippen LogP contribution < -0.4 is 5.32 Å². The number of rotatable bonds is 2. The minimum atomic E-state index is -0.127. The fourth-order valence-electron chi connectivity index (χ4n) is 2.83. The smallest absolute Gasteiger partial charge is 0.255 e. The molecule has 0 fully saturated rings. The van der Waals surface area contributed by atoms with Crippen LogP contribution >= 0.6 is 0 Å². The van der Waals surface area contributed by atoms with Crippen molar-refractivity contribution < 1.29 is 4.79 Å². The van der Waals surface area contributed by atoms with Crippen molar-refractivity contribution in [3.63, 3.8) is 0 Å². The number of aromatic amines is 1. The van der Waals surface area contributed by atoms with Crippen LogP contribution in [0.25, 0.3) is 11.0 Å². The van der Waals surface area contributed by atoms with Gasteiger partial charge in [-0.1, -0.05) is 6.07 Å². The summed E-state index contributed by atoms with van der Waals surface area (Å²) in [4.78, 5) is 12.3. The molecule has 104 valence electrons. The number of fused-ring (bicyclic) bond motifs is 2. The van der Waals surface area contributed by atoms with Gasteiger partial charge >= 0.3 is 0 Å². The number of amides is 1. The Hall–Kier alpha value is -2.69. The van der Waals surface area contributed by atoms with Crippen molar-refractivity contribution in [3.8, 4) is 0 Å². The Labute approximate surface area is 121 Å². The molecule has 5 nitrogen and oxygen atoms in total. The van der Waals surface area contributed by atoms with Crippen LogP contribution in [-0.2, 0) is 12.8 Å². The zero-order valence-corrected chi connectivity index (χ0v) is 11.4. The summed E-state index contributed by atoms with van der Waals surface area (Å²) in [6.07, 6.45) is 3.45. The van der Waals surface area contributed by atoms with Crippen molar-refractivity contribution in [2.24, 2.45) is 0 Å². The molecule has 1 aliphatic carbocycles. The first-order valence-electron chi connectivity index (χ1n) is 7.03. The highest BCUT2D eigenvalue weighted by Gasteiger charge is 2.13. The molecule has 21 heavy (non-hydrogen) atoms. The summed E-state index contributed by atoms with van der Waals surface area (Å²) in [6, 6.07) is 11.4. The monoisotopic (exact) mass is 278 g/mol. The third kappa shape index (κ3) is 2.16. The van der Waals surface area contributed by atoms with Gasteiger partial charge in [0.15, 0.2) is 0 Å². The van der Waals surface area contributed by atoms with Crippen LogP contribution in [0.1, 0.15) is 27.9 Å². The van der Waals surface area contributed by atoms with Gasteiger partial charge in [-0.25, -0.2) is 0 Å². The average Bonchev–Trinajstić information content (AvgIpc) is 3.14. The number of hydrogen-bond acceptors (Lipinski definition) is 3. The van der Waals surface area contributed by atoms with E-state index in [1.54, 1.807) is 18.2 Å². The number of aromatic nitrogens is 3. The third-order valence-corrected chi connectivity index (χ3v) is 3.93. The minimum Gasteiger partial charge on any atom is -0.322 e. The van der Waals surface area contributed by atoms with Crippen molar-refractivity contribution in [1.29, 1.82) is 0 Å². The van der Waals surface area contributed by atoms with E-state index in [1.807, 2.05) is 6.07 Å². The fraction of sp³-hybridized carbons (Fsp3) is 0.188. The zero-order chi connectivity index (χ0) is 14.2. The van der Waals surface area contributed by atoms with Gasteiger partial charge in [0.2, 0.25) is 0 Å². The molecule has 1 heterocycles. The van der Waals surface area contributed by atoms with E-state index in [4.69, 9.17) is 0 Å². The molecule has 1 aromatic heterocycles. The molecule has 0 unspecified atom stereocenters. The number of nitrogens with one attached hydrogen (secondary N) is 2. The molecule has 2 aromatic carbocycles. The lowest BCUT2D eigenvalue weighted by molar-refractivity contribution is 0.102. The van der Waals surface area contributed by atoms with E-state index in [-0.39, 0.29) is 5.91 Å². The normalized spacial score (nSPS) is 13.3. The molecular formula is C16H14N4O. The van der Waals surface area contributed by atoms with E-state index in [2.05, 4.69) is 32.9 Å². The lowest BCUT2D eigenvalue weighted by Gasteiger charge is -2.07. The molecule has 0 saturated heterocycles. The molecule has 1 amide bonds. The Kier molecular flexibility index (Phi) is 2.70. The molecule has 0 bridgehead atoms. The molecule has 0 radical (unpaired) electrons. The summed E-state index contributed by atoms with van der Waals surface area (Å²) < 4.78 is 0. The Morgan fingerprint density at radius 1 is 1.00 bits per heavy atom. The van der Waals surface area contributed by atoms with Crippen LogP contribution in [0.4, 0.5) is 5.69 Å². The first-order valence-corrected chi connectivity index (χ1v) is 7.03. The van der Waals surface area contributed by atoms with Crippen LogP contribution in [0.15, 0.2) is 36.4 Å². The van der Waals surface area contributed by atoms with Gasteiger partial charge < -0.3 is 5.32 Å². The second-order valence-corrected chi connectivity index (χ2v) is 5.32. The molecule has 3 aromatic rings. The summed E-state index contributed by atoms with van der Waals surface area (Å²) >= 11 is 0. The standard InChI is InChI=1S/C16H14N4O/c21-16(12-5-7-14-15(9-12)19-20-18-14)17-13-6-4-10-2-1-3-11(10)8-13/h4-9H,1-3H2,(H,17,21)(H,18,19,20). The number of aryl methyl sites for hydroxylation is 2. The summed E-state index contributed by atoms with van der Waals surface area (Å²) in [5.41, 5.74) is 5.62. The van der Waals surface area contributed by atoms with Gasteiger partial charge in [0.1, 0.15) is 11.0 Å². The van der Waals surface area contributed by atoms with Gasteiger partial charge in [-0.05, 0) is 60.7 Å². The summed E-state index contributed by atoms with van der Waals surface area (Å²) in [5.74, 6) is -0.127. The maximum atomic E-state index is 12.3. The number of H-pyrrole nitrogens is 1. The van der Waals surface area contributed by atoms with Gasteiger partial charge in [0.25, 0.3) is 5.91 Å². The van der Waals surface area contributed by atoms with E-state index in [1.165, 1.54) is 17.5 Å². The number of nitrogens with zero attached hydrogens (tertiary/aromatic N) is 2. The maximum absolute atomic E-state index is 12.3. The number of carbonyl (C=O) groups excluding carboxylic acids is 1. The predicted molar refractivity (Wildman–Crippen MR) is 80.3 cm³/mol. The van der Waals surface area contributed by atoms with Gasteiger partial charge in [0.05, 0.1) is 0 Å². The predicted octanol–water partition coefficient (Wildman–Crippen LogP) is 2.70. The molecular weight excluding hydrogens is 264 g/mol. The lowest BCUT2D eigenvalue weighted by Crippen LogP contribution is -2.12. The number of carbonyl (C=O) groups is 1. The lowest BCUT2D eigenvalue weighted by atomic mass is 10.1. The molecule has 1 aliphatic rings. The second-order valence-electron chi connectivity index (χ2n) is 5.32. The Morgan fingerprint density at radius 2 is 1.86 bits per heavy atom. The quantitative estimate of drug-likeness (QED) is 0.757. The van der Waals surface area contributed by atoms with Gasteiger partial charge in [-0.15, -0.1) is 0 Å². The van der Waals surface area contributed by atoms with Crippen LogP contribution in [0.5, 0.6) is 0 Å². The van der Waals surface area contributed by atoms with Crippen molar-refractivity contribution in [3.05, 3.63) is 53.1 Å². The molecule has 0 atom stereocenters. The minimum absolute atomic E-state index is 0.127. The maximum Gasteiger partial charge on any atom is 0.255 e. The fourth-order valence-corrected chi connectivity index (χ4v) is 2.83. The van der Waals surface area contributed by atoms with Crippen LogP contribution in [0.3, 0.4) is 0 Å². The van der Waals surface area contributed by atoms with Crippen LogP contribution in [0, 0.1) is 0 Å². The highest BCUT2D eigenvalue weighted by Crippen LogP contribution is 2.25. The Bertz CT molecular complexity index is 837. The topological polar surface area (TPSA) is 70.7 Å². The van der Waals surface area contributed by atoms with E-state index >= 15 is 0 Å². The van der Waals surface area contributed by atoms with E-state index in [9.17, 15) is 4.79 Å². The Morgan fingerprint density at radius 3 is 2.81 bits per heavy atom. The van der Waals surface area contributed by atoms with E-state index in [0.29, 0.717) is 11.1 Å². The van der Waals surface area contributed by atoms with Crippen molar-refractivity contribution in [2.75, 3.05) is 5.32 Å². The molecule has 0 spiro atoms. The Balaban J connectivity index is 1.60. The molecule has 4 rings (SSSR count). The van der Waals surface area contributed by atoms with Crippen molar-refractivity contribution >= 4 is 22.6 Å². The average molecular weight is 278 g/mol. The van der Waals surface area contributed by atoms with Gasteiger partial charge in [-0.2, -0.15) is 15.4 Å². The van der Waals surface area contributed by atoms with Crippen molar-refractivity contribution in [1.82, 2.24) is 15.4 Å². The molecule has 2 N–H and O–H groups in total. The third-order valence-electron chi connectivity index (χ3n) is 3.93. The number of anilines is 1. The summed E-state index contributed by atoms with van der Waals surface area (Å²) in [6.45, 7) is 0. The molecule has 0 saturated carbocycles. The van der Waals surface area contributed by atoms with E-state index < -0.39 is 0 Å². The van der Waals surface area contributed by atoms with Gasteiger partial charge in [-0.3, -0.25) is 4.79 Å². The summed E-state index contributed by atoms with van der Waals surface area (Å²) in [5, 5.41) is 13.5. The van der Waals surface area contributed by atoms with Gasteiger partial charge in [0, 0.05) is 11.3 Å². The first-order chi connectivity index (χ1) is 10.3. The SMILES string of the molecule is O=C(Nc1ccc2c(c1)CCC2)c1ccc2n[nH]nc2c1. The van der Waals surface area contributed by atoms with Crippen LogP contribution in [-0.4, -0.2) is 21.3 Å². The second kappa shape index (κ2) is 4.70. The largest absolute Gasteiger partial charge is 0.322 e. The van der Waals surface area contributed by atoms with Crippen molar-refractivity contribution in [2.45, 2.75) is 19.3 Å². The van der Waals surface area contributed by atoms with Crippen LogP contribution in [0.2, 0.25) is 0 Å². The number of hydrogen-bond donors (Lipinski definition) is 2. The highest BCUT2D eigenvalue weighted by molar-refractivity contribution is 6.05. The highest BCUT2D eigenvalue weighted by atomic mass is 16.1. The molecule has 5 heteroatoms.